The summed E-state index contributed by atoms with van der Waals surface area (Å²) in [4.78, 5) is 15.0. The van der Waals surface area contributed by atoms with E-state index in [0.717, 1.165) is 37.4 Å². The third-order valence-corrected chi connectivity index (χ3v) is 5.83. The fraction of sp³-hybridized carbons (Fsp3) is 0.348. The van der Waals surface area contributed by atoms with E-state index in [4.69, 9.17) is 4.74 Å². The number of rotatable bonds is 5. The van der Waals surface area contributed by atoms with Gasteiger partial charge in [-0.25, -0.2) is 0 Å². The summed E-state index contributed by atoms with van der Waals surface area (Å²) in [7, 11) is 1.63. The molecule has 0 spiro atoms. The second-order valence-electron chi connectivity index (χ2n) is 7.25. The van der Waals surface area contributed by atoms with Crippen LogP contribution in [0.2, 0.25) is 0 Å². The standard InChI is InChI=1S/C23H25NO2/c1-16-19-8-3-4-9-21(19)22-15-24(12-10-20(16)22)13-11-23(25)17-6-5-7-18(14-17)26-2/h3-9,14,22H,10-13,15H2,1-2H3. The molecule has 2 aromatic rings. The molecule has 1 fully saturated rings. The lowest BCUT2D eigenvalue weighted by molar-refractivity contribution is 0.0960. The molecular formula is C23H25NO2. The topological polar surface area (TPSA) is 29.5 Å². The van der Waals surface area contributed by atoms with E-state index in [-0.39, 0.29) is 5.78 Å². The van der Waals surface area contributed by atoms with Crippen LogP contribution in [0.25, 0.3) is 5.57 Å². The van der Waals surface area contributed by atoms with Crippen LogP contribution in [0.5, 0.6) is 5.75 Å². The number of fused-ring (bicyclic) bond motifs is 3. The molecule has 1 unspecified atom stereocenters. The maximum atomic E-state index is 12.5. The lowest BCUT2D eigenvalue weighted by Gasteiger charge is -2.33. The third kappa shape index (κ3) is 3.08. The van der Waals surface area contributed by atoms with Crippen LogP contribution in [-0.2, 0) is 0 Å². The fourth-order valence-corrected chi connectivity index (χ4v) is 4.37. The zero-order valence-corrected chi connectivity index (χ0v) is 15.5. The van der Waals surface area contributed by atoms with Crippen LogP contribution in [0, 0.1) is 0 Å². The number of ketones is 1. The maximum absolute atomic E-state index is 12.5. The molecule has 2 aliphatic rings. The van der Waals surface area contributed by atoms with Crippen molar-refractivity contribution in [3.63, 3.8) is 0 Å². The highest BCUT2D eigenvalue weighted by Gasteiger charge is 2.33. The monoisotopic (exact) mass is 347 g/mol. The zero-order chi connectivity index (χ0) is 18.1. The van der Waals surface area contributed by atoms with E-state index in [0.29, 0.717) is 12.3 Å². The van der Waals surface area contributed by atoms with Gasteiger partial charge >= 0.3 is 0 Å². The number of likely N-dealkylation sites (tertiary alicyclic amines) is 1. The Morgan fingerprint density at radius 1 is 1.19 bits per heavy atom. The Labute approximate surface area is 155 Å². The van der Waals surface area contributed by atoms with Crippen LogP contribution in [0.3, 0.4) is 0 Å². The zero-order valence-electron chi connectivity index (χ0n) is 15.5. The smallest absolute Gasteiger partial charge is 0.164 e. The number of allylic oxidation sites excluding steroid dienone is 1. The summed E-state index contributed by atoms with van der Waals surface area (Å²) in [5.74, 6) is 1.43. The first-order chi connectivity index (χ1) is 12.7. The summed E-state index contributed by atoms with van der Waals surface area (Å²) in [6, 6.07) is 16.2. The second kappa shape index (κ2) is 7.08. The minimum absolute atomic E-state index is 0.188. The Hall–Kier alpha value is -2.39. The maximum Gasteiger partial charge on any atom is 0.164 e. The van der Waals surface area contributed by atoms with Gasteiger partial charge in [-0.1, -0.05) is 42.0 Å². The first-order valence-electron chi connectivity index (χ1n) is 9.36. The van der Waals surface area contributed by atoms with Gasteiger partial charge in [-0.2, -0.15) is 0 Å². The van der Waals surface area contributed by atoms with Crippen LogP contribution in [0.1, 0.15) is 47.2 Å². The highest BCUT2D eigenvalue weighted by molar-refractivity contribution is 5.96. The highest BCUT2D eigenvalue weighted by atomic mass is 16.5. The number of carbonyl (C=O) groups is 1. The van der Waals surface area contributed by atoms with Gasteiger partial charge in [-0.3, -0.25) is 4.79 Å². The van der Waals surface area contributed by atoms with Crippen LogP contribution >= 0.6 is 0 Å². The van der Waals surface area contributed by atoms with Crippen LogP contribution in [0.15, 0.2) is 54.1 Å². The molecule has 0 radical (unpaired) electrons. The van der Waals surface area contributed by atoms with Crippen molar-refractivity contribution in [2.24, 2.45) is 0 Å². The van der Waals surface area contributed by atoms with Crippen molar-refractivity contribution in [2.45, 2.75) is 25.7 Å². The van der Waals surface area contributed by atoms with Crippen molar-refractivity contribution in [3.8, 4) is 5.75 Å². The Bertz CT molecular complexity index is 868. The molecule has 134 valence electrons. The SMILES string of the molecule is COc1cccc(C(=O)CCN2CCC3=C(C)c4ccccc4C3C2)c1. The number of hydrogen-bond acceptors (Lipinski definition) is 3. The van der Waals surface area contributed by atoms with Gasteiger partial charge in [-0.05, 0) is 42.2 Å². The molecule has 0 bridgehead atoms. The van der Waals surface area contributed by atoms with Gasteiger partial charge in [0.15, 0.2) is 5.78 Å². The van der Waals surface area contributed by atoms with Crippen molar-refractivity contribution < 1.29 is 9.53 Å². The Morgan fingerprint density at radius 2 is 2.04 bits per heavy atom. The first kappa shape index (κ1) is 17.0. The lowest BCUT2D eigenvalue weighted by Crippen LogP contribution is -2.36. The van der Waals surface area contributed by atoms with Gasteiger partial charge in [0.25, 0.3) is 0 Å². The molecule has 2 aromatic carbocycles. The molecule has 0 aromatic heterocycles. The number of methoxy groups -OCH3 is 1. The summed E-state index contributed by atoms with van der Waals surface area (Å²) < 4.78 is 5.22. The van der Waals surface area contributed by atoms with E-state index in [2.05, 4.69) is 36.1 Å². The third-order valence-electron chi connectivity index (χ3n) is 5.83. The van der Waals surface area contributed by atoms with E-state index >= 15 is 0 Å². The molecular weight excluding hydrogens is 322 g/mol. The normalized spacial score (nSPS) is 19.2. The molecule has 1 saturated heterocycles. The average Bonchev–Trinajstić information content (AvgIpc) is 2.98. The number of ether oxygens (including phenoxy) is 1. The summed E-state index contributed by atoms with van der Waals surface area (Å²) in [5, 5.41) is 0. The molecule has 1 aliphatic carbocycles. The van der Waals surface area contributed by atoms with Crippen molar-refractivity contribution in [3.05, 3.63) is 70.8 Å². The number of Topliss-reactive ketones (excluding diaryl/α,β-unsaturated/α-hetero) is 1. The number of benzene rings is 2. The predicted molar refractivity (Wildman–Crippen MR) is 105 cm³/mol. The van der Waals surface area contributed by atoms with Gasteiger partial charge in [0.2, 0.25) is 0 Å². The van der Waals surface area contributed by atoms with Gasteiger partial charge in [-0.15, -0.1) is 0 Å². The van der Waals surface area contributed by atoms with E-state index in [9.17, 15) is 4.79 Å². The predicted octanol–water partition coefficient (Wildman–Crippen LogP) is 4.54. The number of nitrogens with zero attached hydrogens (tertiary/aromatic N) is 1. The summed E-state index contributed by atoms with van der Waals surface area (Å²) in [6.45, 7) is 5.15. The molecule has 0 amide bonds. The minimum Gasteiger partial charge on any atom is -0.497 e. The molecule has 0 N–H and O–H groups in total. The first-order valence-corrected chi connectivity index (χ1v) is 9.36. The Morgan fingerprint density at radius 3 is 2.88 bits per heavy atom. The van der Waals surface area contributed by atoms with Crippen LogP contribution in [0.4, 0.5) is 0 Å². The van der Waals surface area contributed by atoms with E-state index < -0.39 is 0 Å². The second-order valence-corrected chi connectivity index (χ2v) is 7.25. The van der Waals surface area contributed by atoms with Crippen molar-refractivity contribution in [2.75, 3.05) is 26.7 Å². The molecule has 26 heavy (non-hydrogen) atoms. The average molecular weight is 347 g/mol. The quantitative estimate of drug-likeness (QED) is 0.744. The molecule has 4 rings (SSSR count). The largest absolute Gasteiger partial charge is 0.497 e. The molecule has 1 heterocycles. The van der Waals surface area contributed by atoms with Gasteiger partial charge in [0, 0.05) is 37.5 Å². The molecule has 0 saturated carbocycles. The molecule has 3 nitrogen and oxygen atoms in total. The summed E-state index contributed by atoms with van der Waals surface area (Å²) in [6.07, 6.45) is 1.66. The number of carbonyl (C=O) groups excluding carboxylic acids is 1. The number of piperidine rings is 1. The van der Waals surface area contributed by atoms with Gasteiger partial charge in [0.1, 0.15) is 5.75 Å². The molecule has 1 atom stereocenters. The number of hydrogen-bond donors (Lipinski definition) is 0. The highest BCUT2D eigenvalue weighted by Crippen LogP contribution is 2.45. The van der Waals surface area contributed by atoms with E-state index in [1.807, 2.05) is 24.3 Å². The van der Waals surface area contributed by atoms with E-state index in [1.54, 1.807) is 12.7 Å². The van der Waals surface area contributed by atoms with Gasteiger partial charge in [0.05, 0.1) is 7.11 Å². The van der Waals surface area contributed by atoms with Crippen molar-refractivity contribution in [1.82, 2.24) is 4.90 Å². The van der Waals surface area contributed by atoms with E-state index in [1.165, 1.54) is 16.7 Å². The van der Waals surface area contributed by atoms with Crippen LogP contribution in [-0.4, -0.2) is 37.4 Å². The van der Waals surface area contributed by atoms with Gasteiger partial charge < -0.3 is 9.64 Å². The molecule has 3 heteroatoms. The summed E-state index contributed by atoms with van der Waals surface area (Å²) >= 11 is 0. The Kier molecular flexibility index (Phi) is 4.64. The fourth-order valence-electron chi connectivity index (χ4n) is 4.37. The summed E-state index contributed by atoms with van der Waals surface area (Å²) in [5.41, 5.74) is 6.69. The van der Waals surface area contributed by atoms with Crippen molar-refractivity contribution in [1.29, 1.82) is 0 Å². The Balaban J connectivity index is 1.41. The lowest BCUT2D eigenvalue weighted by atomic mass is 9.89. The minimum atomic E-state index is 0.188. The van der Waals surface area contributed by atoms with Crippen LogP contribution < -0.4 is 4.74 Å². The van der Waals surface area contributed by atoms with Crippen molar-refractivity contribution >= 4 is 11.4 Å². The molecule has 1 aliphatic heterocycles.